The maximum absolute atomic E-state index is 12.3. The molecule has 0 saturated heterocycles. The Kier molecular flexibility index (Phi) is 3.33. The monoisotopic (exact) mass is 296 g/mol. The molecule has 0 aliphatic heterocycles. The van der Waals surface area contributed by atoms with E-state index in [1.54, 1.807) is 26.8 Å². The number of aromatic hydroxyl groups is 1. The molecule has 2 heterocycles. The van der Waals surface area contributed by atoms with Crippen LogP contribution in [0.3, 0.4) is 0 Å². The van der Waals surface area contributed by atoms with Crippen molar-refractivity contribution < 1.29 is 14.3 Å². The standard InChI is InChI=1S/C17H16N2O3/c1-9-10(2)16(18-11(3)15(9)20)19-17(21)14-8-12-6-4-5-7-13(12)22-14/h4-8,20H,1-3H3,(H,18,19,21). The van der Waals surface area contributed by atoms with Crippen LogP contribution >= 0.6 is 0 Å². The van der Waals surface area contributed by atoms with Crippen molar-refractivity contribution >= 4 is 22.7 Å². The zero-order valence-electron chi connectivity index (χ0n) is 12.6. The summed E-state index contributed by atoms with van der Waals surface area (Å²) in [5.74, 6) is 0.444. The largest absolute Gasteiger partial charge is 0.506 e. The normalized spacial score (nSPS) is 10.9. The third kappa shape index (κ3) is 2.30. The fourth-order valence-corrected chi connectivity index (χ4v) is 2.32. The van der Waals surface area contributed by atoms with Gasteiger partial charge in [-0.1, -0.05) is 18.2 Å². The summed E-state index contributed by atoms with van der Waals surface area (Å²) >= 11 is 0. The summed E-state index contributed by atoms with van der Waals surface area (Å²) in [7, 11) is 0. The predicted molar refractivity (Wildman–Crippen MR) is 84.3 cm³/mol. The van der Waals surface area contributed by atoms with Gasteiger partial charge in [0.05, 0.1) is 5.69 Å². The van der Waals surface area contributed by atoms with Gasteiger partial charge in [-0.05, 0) is 44.0 Å². The predicted octanol–water partition coefficient (Wildman–Crippen LogP) is 3.71. The van der Waals surface area contributed by atoms with Gasteiger partial charge in [0.2, 0.25) is 0 Å². The molecule has 3 rings (SSSR count). The van der Waals surface area contributed by atoms with E-state index in [1.807, 2.05) is 24.3 Å². The van der Waals surface area contributed by atoms with Gasteiger partial charge in [-0.25, -0.2) is 4.98 Å². The number of hydrogen-bond donors (Lipinski definition) is 2. The van der Waals surface area contributed by atoms with Gasteiger partial charge in [0.1, 0.15) is 17.2 Å². The summed E-state index contributed by atoms with van der Waals surface area (Å²) in [6.45, 7) is 5.28. The molecular formula is C17H16N2O3. The van der Waals surface area contributed by atoms with Crippen LogP contribution in [0.2, 0.25) is 0 Å². The number of anilines is 1. The fourth-order valence-electron chi connectivity index (χ4n) is 2.32. The van der Waals surface area contributed by atoms with E-state index in [0.717, 1.165) is 10.9 Å². The number of aromatic nitrogens is 1. The number of hydrogen-bond acceptors (Lipinski definition) is 4. The van der Waals surface area contributed by atoms with Crippen LogP contribution in [0.15, 0.2) is 34.7 Å². The van der Waals surface area contributed by atoms with E-state index in [-0.39, 0.29) is 17.4 Å². The van der Waals surface area contributed by atoms with Gasteiger partial charge in [-0.15, -0.1) is 0 Å². The van der Waals surface area contributed by atoms with Gasteiger partial charge in [-0.2, -0.15) is 0 Å². The minimum atomic E-state index is -0.365. The van der Waals surface area contributed by atoms with E-state index < -0.39 is 0 Å². The summed E-state index contributed by atoms with van der Waals surface area (Å²) < 4.78 is 5.54. The van der Waals surface area contributed by atoms with Gasteiger partial charge < -0.3 is 14.8 Å². The van der Waals surface area contributed by atoms with E-state index in [9.17, 15) is 9.90 Å². The van der Waals surface area contributed by atoms with Gasteiger partial charge in [0, 0.05) is 5.39 Å². The molecule has 5 heteroatoms. The number of nitrogens with zero attached hydrogens (tertiary/aromatic N) is 1. The minimum absolute atomic E-state index is 0.152. The average molecular weight is 296 g/mol. The highest BCUT2D eigenvalue weighted by atomic mass is 16.3. The third-order valence-electron chi connectivity index (χ3n) is 3.78. The van der Waals surface area contributed by atoms with Crippen LogP contribution in [0, 0.1) is 20.8 Å². The lowest BCUT2D eigenvalue weighted by molar-refractivity contribution is 0.0998. The molecule has 1 amide bonds. The molecule has 0 atom stereocenters. The summed E-state index contributed by atoms with van der Waals surface area (Å²) in [6.07, 6.45) is 0. The fraction of sp³-hybridized carbons (Fsp3) is 0.176. The second-order valence-electron chi connectivity index (χ2n) is 5.25. The summed E-state index contributed by atoms with van der Waals surface area (Å²) in [6, 6.07) is 9.13. The lowest BCUT2D eigenvalue weighted by atomic mass is 10.1. The number of carbonyl (C=O) groups excluding carboxylic acids is 1. The zero-order chi connectivity index (χ0) is 15.9. The van der Waals surface area contributed by atoms with Gasteiger partial charge in [0.15, 0.2) is 5.76 Å². The summed E-state index contributed by atoms with van der Waals surface area (Å²) in [5, 5.41) is 13.5. The molecule has 3 aromatic rings. The molecule has 2 aromatic heterocycles. The molecule has 22 heavy (non-hydrogen) atoms. The van der Waals surface area contributed by atoms with E-state index in [0.29, 0.717) is 22.7 Å². The quantitative estimate of drug-likeness (QED) is 0.756. The number of amides is 1. The van der Waals surface area contributed by atoms with Crippen LogP contribution in [0.25, 0.3) is 11.0 Å². The number of pyridine rings is 1. The molecule has 0 unspecified atom stereocenters. The summed E-state index contributed by atoms with van der Waals surface area (Å²) in [5.41, 5.74) is 2.57. The number of aryl methyl sites for hydroxylation is 1. The topological polar surface area (TPSA) is 75.4 Å². The first-order valence-corrected chi connectivity index (χ1v) is 6.94. The first-order valence-electron chi connectivity index (χ1n) is 6.94. The SMILES string of the molecule is Cc1nc(NC(=O)c2cc3ccccc3o2)c(C)c(C)c1O. The number of rotatable bonds is 2. The molecule has 1 aromatic carbocycles. The Bertz CT molecular complexity index is 848. The van der Waals surface area contributed by atoms with Crippen LogP contribution in [0.1, 0.15) is 27.4 Å². The second-order valence-corrected chi connectivity index (χ2v) is 5.25. The number of para-hydroxylation sites is 1. The van der Waals surface area contributed by atoms with Gasteiger partial charge in [-0.3, -0.25) is 4.79 Å². The molecule has 0 saturated carbocycles. The van der Waals surface area contributed by atoms with Crippen molar-refractivity contribution in [3.8, 4) is 5.75 Å². The van der Waals surface area contributed by atoms with Crippen LogP contribution in [0.5, 0.6) is 5.75 Å². The zero-order valence-corrected chi connectivity index (χ0v) is 12.6. The number of fused-ring (bicyclic) bond motifs is 1. The molecule has 0 fully saturated rings. The Morgan fingerprint density at radius 3 is 2.64 bits per heavy atom. The van der Waals surface area contributed by atoms with Crippen LogP contribution in [-0.4, -0.2) is 16.0 Å². The van der Waals surface area contributed by atoms with Crippen molar-refractivity contribution in [1.82, 2.24) is 4.98 Å². The molecular weight excluding hydrogens is 280 g/mol. The van der Waals surface area contributed by atoms with Gasteiger partial charge in [0.25, 0.3) is 5.91 Å². The molecule has 0 aliphatic rings. The lowest BCUT2D eigenvalue weighted by Crippen LogP contribution is -2.14. The first kappa shape index (κ1) is 14.1. The molecule has 5 nitrogen and oxygen atoms in total. The minimum Gasteiger partial charge on any atom is -0.506 e. The highest BCUT2D eigenvalue weighted by Gasteiger charge is 2.16. The Balaban J connectivity index is 1.94. The maximum atomic E-state index is 12.3. The first-order chi connectivity index (χ1) is 10.5. The summed E-state index contributed by atoms with van der Waals surface area (Å²) in [4.78, 5) is 16.6. The molecule has 2 N–H and O–H groups in total. The Morgan fingerprint density at radius 2 is 1.91 bits per heavy atom. The van der Waals surface area contributed by atoms with Crippen LogP contribution < -0.4 is 5.32 Å². The lowest BCUT2D eigenvalue weighted by Gasteiger charge is -2.12. The van der Waals surface area contributed by atoms with Crippen molar-refractivity contribution in [2.45, 2.75) is 20.8 Å². The van der Waals surface area contributed by atoms with Gasteiger partial charge >= 0.3 is 0 Å². The highest BCUT2D eigenvalue weighted by Crippen LogP contribution is 2.28. The van der Waals surface area contributed by atoms with Crippen LogP contribution in [0.4, 0.5) is 5.82 Å². The van der Waals surface area contributed by atoms with Crippen molar-refractivity contribution in [2.24, 2.45) is 0 Å². The maximum Gasteiger partial charge on any atom is 0.292 e. The third-order valence-corrected chi connectivity index (χ3v) is 3.78. The van der Waals surface area contributed by atoms with Crippen LogP contribution in [-0.2, 0) is 0 Å². The molecule has 0 bridgehead atoms. The second kappa shape index (κ2) is 5.18. The highest BCUT2D eigenvalue weighted by molar-refractivity contribution is 6.04. The Labute approximate surface area is 127 Å². The van der Waals surface area contributed by atoms with Crippen molar-refractivity contribution in [2.75, 3.05) is 5.32 Å². The smallest absolute Gasteiger partial charge is 0.292 e. The molecule has 0 radical (unpaired) electrons. The Morgan fingerprint density at radius 1 is 1.18 bits per heavy atom. The van der Waals surface area contributed by atoms with Crippen molar-refractivity contribution in [3.63, 3.8) is 0 Å². The average Bonchev–Trinajstić information content (AvgIpc) is 2.94. The van der Waals surface area contributed by atoms with E-state index in [1.165, 1.54) is 0 Å². The molecule has 0 spiro atoms. The molecule has 112 valence electrons. The van der Waals surface area contributed by atoms with E-state index in [2.05, 4.69) is 10.3 Å². The van der Waals surface area contributed by atoms with Crippen molar-refractivity contribution in [1.29, 1.82) is 0 Å². The molecule has 0 aliphatic carbocycles. The number of furan rings is 1. The van der Waals surface area contributed by atoms with E-state index in [4.69, 9.17) is 4.42 Å². The van der Waals surface area contributed by atoms with E-state index >= 15 is 0 Å². The van der Waals surface area contributed by atoms with Crippen molar-refractivity contribution in [3.05, 3.63) is 52.9 Å². The number of carbonyl (C=O) groups is 1. The number of benzene rings is 1. The number of nitrogens with one attached hydrogen (secondary N) is 1. The Hall–Kier alpha value is -2.82.